The van der Waals surface area contributed by atoms with Gasteiger partial charge in [0.1, 0.15) is 13.2 Å². The molecule has 2 amide bonds. The largest absolute Gasteiger partial charge is 0.445 e. The molecule has 1 heterocycles. The monoisotopic (exact) mass is 530 g/mol. The fourth-order valence-electron chi connectivity index (χ4n) is 4.98. The van der Waals surface area contributed by atoms with Crippen LogP contribution in [0.5, 0.6) is 0 Å². The summed E-state index contributed by atoms with van der Waals surface area (Å²) in [5.41, 5.74) is 2.25. The van der Waals surface area contributed by atoms with Crippen LogP contribution in [-0.2, 0) is 27.4 Å². The summed E-state index contributed by atoms with van der Waals surface area (Å²) in [5.74, 6) is 0.124. The molecule has 0 saturated carbocycles. The summed E-state index contributed by atoms with van der Waals surface area (Å²) in [5, 5.41) is 2.83. The smallest absolute Gasteiger partial charge is 0.413 e. The Bertz CT molecular complexity index is 1170. The first-order valence-corrected chi connectivity index (χ1v) is 13.6. The van der Waals surface area contributed by atoms with Crippen molar-refractivity contribution in [1.82, 2.24) is 10.2 Å². The number of carbonyl (C=O) groups excluding carboxylic acids is 2. The van der Waals surface area contributed by atoms with Gasteiger partial charge in [-0.15, -0.1) is 0 Å². The highest BCUT2D eigenvalue weighted by molar-refractivity contribution is 5.70. The second-order valence-electron chi connectivity index (χ2n) is 10.2. The average Bonchev–Trinajstić information content (AvgIpc) is 3.37. The molecule has 3 aromatic rings. The molecular weight excluding hydrogens is 492 g/mol. The van der Waals surface area contributed by atoms with E-state index in [1.807, 2.05) is 91.0 Å². The Hall–Kier alpha value is -3.84. The van der Waals surface area contributed by atoms with Gasteiger partial charge < -0.3 is 19.5 Å². The summed E-state index contributed by atoms with van der Waals surface area (Å²) >= 11 is 0. The van der Waals surface area contributed by atoms with Gasteiger partial charge in [0, 0.05) is 12.1 Å². The van der Waals surface area contributed by atoms with Crippen LogP contribution in [0, 0.1) is 5.92 Å². The van der Waals surface area contributed by atoms with Gasteiger partial charge in [0.15, 0.2) is 6.23 Å². The van der Waals surface area contributed by atoms with E-state index in [4.69, 9.17) is 14.2 Å². The van der Waals surface area contributed by atoms with Crippen LogP contribution in [0.4, 0.5) is 9.59 Å². The predicted octanol–water partition coefficient (Wildman–Crippen LogP) is 6.85. The summed E-state index contributed by atoms with van der Waals surface area (Å²) in [7, 11) is 0. The lowest BCUT2D eigenvalue weighted by molar-refractivity contribution is -0.000332. The molecule has 7 nitrogen and oxygen atoms in total. The second kappa shape index (κ2) is 13.8. The van der Waals surface area contributed by atoms with Crippen LogP contribution in [-0.4, -0.2) is 35.8 Å². The zero-order valence-electron chi connectivity index (χ0n) is 22.8. The van der Waals surface area contributed by atoms with Crippen molar-refractivity contribution in [2.75, 3.05) is 13.2 Å². The number of hydrogen-bond donors (Lipinski definition) is 1. The van der Waals surface area contributed by atoms with E-state index in [9.17, 15) is 9.59 Å². The third-order valence-corrected chi connectivity index (χ3v) is 7.29. The highest BCUT2D eigenvalue weighted by atomic mass is 16.6. The third kappa shape index (κ3) is 7.39. The number of nitrogens with one attached hydrogen (secondary N) is 1. The van der Waals surface area contributed by atoms with Crippen molar-refractivity contribution in [2.24, 2.45) is 5.92 Å². The van der Waals surface area contributed by atoms with Crippen molar-refractivity contribution in [3.8, 4) is 0 Å². The van der Waals surface area contributed by atoms with Crippen molar-refractivity contribution in [3.05, 3.63) is 108 Å². The normalized spacial score (nSPS) is 18.6. The van der Waals surface area contributed by atoms with Crippen LogP contribution in [0.2, 0.25) is 0 Å². The summed E-state index contributed by atoms with van der Waals surface area (Å²) < 4.78 is 17.4. The zero-order chi connectivity index (χ0) is 27.5. The van der Waals surface area contributed by atoms with Crippen LogP contribution < -0.4 is 5.32 Å². The number of hydrogen-bond acceptors (Lipinski definition) is 5. The standard InChI is InChI=1S/C32H38N2O5/c1-25(2)32(20-12-13-21-33-30(35)37-22-26-14-6-3-7-15-26)24-39-29(28-18-10-5-11-19-28)34(32)31(36)38-23-27-16-8-4-9-17-27/h3-11,14-19,25,29H,12-13,20-24H2,1-2H3,(H,33,35). The number of amides is 2. The Morgan fingerprint density at radius 1 is 0.872 bits per heavy atom. The van der Waals surface area contributed by atoms with Gasteiger partial charge in [-0.2, -0.15) is 0 Å². The number of unbranched alkanes of at least 4 members (excludes halogenated alkanes) is 1. The van der Waals surface area contributed by atoms with Crippen molar-refractivity contribution in [2.45, 2.75) is 58.1 Å². The van der Waals surface area contributed by atoms with Crippen LogP contribution in [0.1, 0.15) is 56.0 Å². The van der Waals surface area contributed by atoms with E-state index in [1.54, 1.807) is 4.90 Å². The maximum Gasteiger partial charge on any atom is 0.413 e. The van der Waals surface area contributed by atoms with Crippen LogP contribution >= 0.6 is 0 Å². The van der Waals surface area contributed by atoms with E-state index in [-0.39, 0.29) is 25.2 Å². The molecule has 2 unspecified atom stereocenters. The van der Waals surface area contributed by atoms with Crippen LogP contribution in [0.15, 0.2) is 91.0 Å². The molecule has 7 heteroatoms. The Labute approximate surface area is 231 Å². The third-order valence-electron chi connectivity index (χ3n) is 7.29. The SMILES string of the molecule is CC(C)C1(CCCCNC(=O)OCc2ccccc2)COC(c2ccccc2)N1C(=O)OCc1ccccc1. The van der Waals surface area contributed by atoms with Crippen molar-refractivity contribution >= 4 is 12.2 Å². The number of ether oxygens (including phenoxy) is 3. The molecule has 1 saturated heterocycles. The Morgan fingerprint density at radius 3 is 2.03 bits per heavy atom. The first-order valence-electron chi connectivity index (χ1n) is 13.6. The van der Waals surface area contributed by atoms with Crippen molar-refractivity contribution < 1.29 is 23.8 Å². The second-order valence-corrected chi connectivity index (χ2v) is 10.2. The minimum absolute atomic E-state index is 0.124. The summed E-state index contributed by atoms with van der Waals surface area (Å²) in [6, 6.07) is 29.1. The molecule has 3 aromatic carbocycles. The van der Waals surface area contributed by atoms with Gasteiger partial charge in [-0.25, -0.2) is 9.59 Å². The molecule has 1 fully saturated rings. The van der Waals surface area contributed by atoms with E-state index in [2.05, 4.69) is 19.2 Å². The summed E-state index contributed by atoms with van der Waals surface area (Å²) in [6.07, 6.45) is 0.915. The van der Waals surface area contributed by atoms with E-state index in [1.165, 1.54) is 0 Å². The molecule has 0 bridgehead atoms. The van der Waals surface area contributed by atoms with Gasteiger partial charge >= 0.3 is 12.2 Å². The number of carbonyl (C=O) groups is 2. The molecule has 206 valence electrons. The molecule has 0 radical (unpaired) electrons. The van der Waals surface area contributed by atoms with Crippen molar-refractivity contribution in [1.29, 1.82) is 0 Å². The molecule has 1 N–H and O–H groups in total. The lowest BCUT2D eigenvalue weighted by atomic mass is 9.81. The van der Waals surface area contributed by atoms with Gasteiger partial charge in [0.2, 0.25) is 0 Å². The molecule has 0 aromatic heterocycles. The van der Waals surface area contributed by atoms with Gasteiger partial charge in [0.05, 0.1) is 12.1 Å². The highest BCUT2D eigenvalue weighted by Gasteiger charge is 2.52. The van der Waals surface area contributed by atoms with E-state index >= 15 is 0 Å². The number of rotatable bonds is 11. The Balaban J connectivity index is 1.37. The summed E-state index contributed by atoms with van der Waals surface area (Å²) in [4.78, 5) is 27.6. The molecule has 2 atom stereocenters. The maximum absolute atomic E-state index is 13.6. The zero-order valence-corrected chi connectivity index (χ0v) is 22.8. The van der Waals surface area contributed by atoms with Crippen molar-refractivity contribution in [3.63, 3.8) is 0 Å². The number of nitrogens with zero attached hydrogens (tertiary/aromatic N) is 1. The van der Waals surface area contributed by atoms with Gasteiger partial charge in [-0.3, -0.25) is 4.90 Å². The lowest BCUT2D eigenvalue weighted by Gasteiger charge is -2.41. The number of alkyl carbamates (subject to hydrolysis) is 1. The van der Waals surface area contributed by atoms with Crippen LogP contribution in [0.25, 0.3) is 0 Å². The molecule has 1 aliphatic rings. The quantitative estimate of drug-likeness (QED) is 0.275. The molecule has 1 aliphatic heterocycles. The molecular formula is C32H38N2O5. The highest BCUT2D eigenvalue weighted by Crippen LogP contribution is 2.44. The molecule has 0 aliphatic carbocycles. The minimum atomic E-state index is -0.540. The fraction of sp³-hybridized carbons (Fsp3) is 0.375. The average molecular weight is 531 g/mol. The topological polar surface area (TPSA) is 77.1 Å². The maximum atomic E-state index is 13.6. The minimum Gasteiger partial charge on any atom is -0.445 e. The van der Waals surface area contributed by atoms with Crippen LogP contribution in [0.3, 0.4) is 0 Å². The Kier molecular flexibility index (Phi) is 9.97. The molecule has 39 heavy (non-hydrogen) atoms. The summed E-state index contributed by atoms with van der Waals surface area (Å²) in [6.45, 7) is 5.57. The first-order chi connectivity index (χ1) is 19.0. The van der Waals surface area contributed by atoms with E-state index in [0.717, 1.165) is 36.0 Å². The molecule has 0 spiro atoms. The fourth-order valence-corrected chi connectivity index (χ4v) is 4.98. The van der Waals surface area contributed by atoms with Gasteiger partial charge in [0.25, 0.3) is 0 Å². The molecule has 4 rings (SSSR count). The van der Waals surface area contributed by atoms with E-state index in [0.29, 0.717) is 13.2 Å². The first kappa shape index (κ1) is 28.2. The Morgan fingerprint density at radius 2 is 1.44 bits per heavy atom. The van der Waals surface area contributed by atoms with E-state index < -0.39 is 17.9 Å². The van der Waals surface area contributed by atoms with Gasteiger partial charge in [-0.1, -0.05) is 105 Å². The van der Waals surface area contributed by atoms with Gasteiger partial charge in [-0.05, 0) is 36.3 Å². The predicted molar refractivity (Wildman–Crippen MR) is 150 cm³/mol. The number of benzene rings is 3. The lowest BCUT2D eigenvalue weighted by Crippen LogP contribution is -2.53.